The molecule has 3 nitrogen and oxygen atoms in total. The number of aliphatic hydroxyl groups is 1. The summed E-state index contributed by atoms with van der Waals surface area (Å²) < 4.78 is 0. The van der Waals surface area contributed by atoms with Gasteiger partial charge >= 0.3 is 0 Å². The molecule has 2 N–H and O–H groups in total. The zero-order chi connectivity index (χ0) is 14.6. The van der Waals surface area contributed by atoms with Gasteiger partial charge in [0, 0.05) is 0 Å². The molecule has 0 bridgehead atoms. The summed E-state index contributed by atoms with van der Waals surface area (Å²) in [7, 11) is 0. The first kappa shape index (κ1) is 14.8. The van der Waals surface area contributed by atoms with Gasteiger partial charge in [0.05, 0.1) is 13.0 Å². The third-order valence-electron chi connectivity index (χ3n) is 3.26. The van der Waals surface area contributed by atoms with Crippen molar-refractivity contribution in [3.8, 4) is 0 Å². The van der Waals surface area contributed by atoms with Crippen LogP contribution in [0.2, 0.25) is 0 Å². The van der Waals surface area contributed by atoms with Crippen molar-refractivity contribution in [2.24, 2.45) is 0 Å². The first-order chi connectivity index (χ1) is 9.47. The highest BCUT2D eigenvalue weighted by Crippen LogP contribution is 2.22. The minimum atomic E-state index is -1.02. The minimum Gasteiger partial charge on any atom is -0.384 e. The van der Waals surface area contributed by atoms with Crippen molar-refractivity contribution in [2.75, 3.05) is 6.54 Å². The molecule has 0 aliphatic rings. The Morgan fingerprint density at radius 3 is 2.60 bits per heavy atom. The Kier molecular flexibility index (Phi) is 4.57. The molecular formula is C16H19NO2S. The molecule has 1 aromatic carbocycles. The quantitative estimate of drug-likeness (QED) is 0.889. The maximum absolute atomic E-state index is 11.9. The summed E-state index contributed by atoms with van der Waals surface area (Å²) in [5.74, 6) is -0.0793. The lowest BCUT2D eigenvalue weighted by Gasteiger charge is -2.22. The maximum atomic E-state index is 11.9. The summed E-state index contributed by atoms with van der Waals surface area (Å²) in [4.78, 5) is 11.9. The predicted molar refractivity (Wildman–Crippen MR) is 81.8 cm³/mol. The Morgan fingerprint density at radius 2 is 2.00 bits per heavy atom. The van der Waals surface area contributed by atoms with Crippen LogP contribution in [-0.2, 0) is 16.8 Å². The first-order valence-electron chi connectivity index (χ1n) is 6.55. The van der Waals surface area contributed by atoms with E-state index >= 15 is 0 Å². The van der Waals surface area contributed by atoms with Crippen LogP contribution in [0.4, 0.5) is 0 Å². The molecule has 106 valence electrons. The van der Waals surface area contributed by atoms with E-state index in [-0.39, 0.29) is 12.5 Å². The van der Waals surface area contributed by atoms with E-state index in [0.717, 1.165) is 11.1 Å². The summed E-state index contributed by atoms with van der Waals surface area (Å²) in [5.41, 5.74) is 1.96. The van der Waals surface area contributed by atoms with Crippen LogP contribution in [-0.4, -0.2) is 17.6 Å². The predicted octanol–water partition coefficient (Wildman–Crippen LogP) is 2.62. The second-order valence-electron chi connectivity index (χ2n) is 5.22. The van der Waals surface area contributed by atoms with Crippen molar-refractivity contribution in [2.45, 2.75) is 25.9 Å². The van der Waals surface area contributed by atoms with Crippen molar-refractivity contribution < 1.29 is 9.90 Å². The molecule has 20 heavy (non-hydrogen) atoms. The van der Waals surface area contributed by atoms with Crippen molar-refractivity contribution in [1.82, 2.24) is 5.32 Å². The average Bonchev–Trinajstić information content (AvgIpc) is 2.94. The normalized spacial score (nSPS) is 13.8. The number of carbonyl (C=O) groups excluding carboxylic acids is 1. The van der Waals surface area contributed by atoms with Crippen molar-refractivity contribution in [1.29, 1.82) is 0 Å². The summed E-state index contributed by atoms with van der Waals surface area (Å²) in [5, 5.41) is 16.9. The largest absolute Gasteiger partial charge is 0.384 e. The zero-order valence-corrected chi connectivity index (χ0v) is 12.5. The lowest BCUT2D eigenvalue weighted by Crippen LogP contribution is -2.39. The molecule has 0 spiro atoms. The highest BCUT2D eigenvalue weighted by molar-refractivity contribution is 7.08. The van der Waals surface area contributed by atoms with Gasteiger partial charge in [-0.2, -0.15) is 11.3 Å². The van der Waals surface area contributed by atoms with Gasteiger partial charge in [-0.25, -0.2) is 0 Å². The van der Waals surface area contributed by atoms with Gasteiger partial charge < -0.3 is 10.4 Å². The van der Waals surface area contributed by atoms with Gasteiger partial charge in [0.2, 0.25) is 5.91 Å². The fourth-order valence-electron chi connectivity index (χ4n) is 1.90. The smallest absolute Gasteiger partial charge is 0.224 e. The Labute approximate surface area is 123 Å². The van der Waals surface area contributed by atoms with E-state index in [1.165, 1.54) is 16.9 Å². The van der Waals surface area contributed by atoms with Crippen LogP contribution in [0.1, 0.15) is 23.6 Å². The third kappa shape index (κ3) is 3.92. The van der Waals surface area contributed by atoms with E-state index in [1.54, 1.807) is 6.92 Å². The van der Waals surface area contributed by atoms with Gasteiger partial charge in [0.1, 0.15) is 5.60 Å². The molecule has 1 amide bonds. The van der Waals surface area contributed by atoms with Crippen LogP contribution >= 0.6 is 11.3 Å². The summed E-state index contributed by atoms with van der Waals surface area (Å²) in [6.45, 7) is 3.94. The number of aryl methyl sites for hydroxylation is 1. The van der Waals surface area contributed by atoms with E-state index < -0.39 is 5.60 Å². The van der Waals surface area contributed by atoms with E-state index in [2.05, 4.69) is 5.32 Å². The molecule has 0 aliphatic carbocycles. The number of hydrogen-bond acceptors (Lipinski definition) is 3. The highest BCUT2D eigenvalue weighted by Gasteiger charge is 2.24. The number of benzene rings is 1. The molecule has 0 saturated carbocycles. The van der Waals surface area contributed by atoms with Gasteiger partial charge in [0.15, 0.2) is 0 Å². The SMILES string of the molecule is Cc1ccc(CC(=O)NCC(C)(O)c2ccsc2)cc1. The molecule has 0 aliphatic heterocycles. The fourth-order valence-corrected chi connectivity index (χ4v) is 2.68. The Morgan fingerprint density at radius 1 is 1.30 bits per heavy atom. The fraction of sp³-hybridized carbons (Fsp3) is 0.312. The average molecular weight is 289 g/mol. The lowest BCUT2D eigenvalue weighted by molar-refractivity contribution is -0.121. The van der Waals surface area contributed by atoms with Gasteiger partial charge in [-0.05, 0) is 41.8 Å². The van der Waals surface area contributed by atoms with Crippen LogP contribution in [0.3, 0.4) is 0 Å². The Balaban J connectivity index is 1.88. The van der Waals surface area contributed by atoms with Crippen LogP contribution in [0, 0.1) is 6.92 Å². The van der Waals surface area contributed by atoms with E-state index in [0.29, 0.717) is 6.42 Å². The number of nitrogens with one attached hydrogen (secondary N) is 1. The van der Waals surface area contributed by atoms with Gasteiger partial charge in [0.25, 0.3) is 0 Å². The minimum absolute atomic E-state index is 0.0793. The van der Waals surface area contributed by atoms with Gasteiger partial charge in [-0.15, -0.1) is 0 Å². The molecule has 1 atom stereocenters. The molecule has 2 rings (SSSR count). The number of hydrogen-bond donors (Lipinski definition) is 2. The zero-order valence-electron chi connectivity index (χ0n) is 11.7. The maximum Gasteiger partial charge on any atom is 0.224 e. The van der Waals surface area contributed by atoms with Crippen LogP contribution < -0.4 is 5.32 Å². The number of amides is 1. The molecule has 1 unspecified atom stereocenters. The number of thiophene rings is 1. The Bertz CT molecular complexity index is 559. The molecule has 1 aromatic heterocycles. The second kappa shape index (κ2) is 6.20. The Hall–Kier alpha value is -1.65. The molecule has 0 fully saturated rings. The topological polar surface area (TPSA) is 49.3 Å². The van der Waals surface area contributed by atoms with Crippen LogP contribution in [0.5, 0.6) is 0 Å². The molecule has 4 heteroatoms. The molecular weight excluding hydrogens is 270 g/mol. The summed E-state index contributed by atoms with van der Waals surface area (Å²) >= 11 is 1.53. The lowest BCUT2D eigenvalue weighted by atomic mass is 9.99. The van der Waals surface area contributed by atoms with Crippen LogP contribution in [0.15, 0.2) is 41.1 Å². The van der Waals surface area contributed by atoms with E-state index in [1.807, 2.05) is 48.0 Å². The van der Waals surface area contributed by atoms with E-state index in [4.69, 9.17) is 0 Å². The molecule has 0 radical (unpaired) electrons. The highest BCUT2D eigenvalue weighted by atomic mass is 32.1. The van der Waals surface area contributed by atoms with Crippen molar-refractivity contribution >= 4 is 17.2 Å². The van der Waals surface area contributed by atoms with Crippen molar-refractivity contribution in [3.05, 3.63) is 57.8 Å². The van der Waals surface area contributed by atoms with Gasteiger partial charge in [-0.3, -0.25) is 4.79 Å². The standard InChI is InChI=1S/C16H19NO2S/c1-12-3-5-13(6-4-12)9-15(18)17-11-16(2,19)14-7-8-20-10-14/h3-8,10,19H,9,11H2,1-2H3,(H,17,18). The first-order valence-corrected chi connectivity index (χ1v) is 7.49. The van der Waals surface area contributed by atoms with E-state index in [9.17, 15) is 9.90 Å². The van der Waals surface area contributed by atoms with Gasteiger partial charge in [-0.1, -0.05) is 29.8 Å². The molecule has 1 heterocycles. The second-order valence-corrected chi connectivity index (χ2v) is 6.01. The van der Waals surface area contributed by atoms with Crippen LogP contribution in [0.25, 0.3) is 0 Å². The summed E-state index contributed by atoms with van der Waals surface area (Å²) in [6.07, 6.45) is 0.333. The third-order valence-corrected chi connectivity index (χ3v) is 3.94. The summed E-state index contributed by atoms with van der Waals surface area (Å²) in [6, 6.07) is 9.75. The number of carbonyl (C=O) groups is 1. The van der Waals surface area contributed by atoms with Crippen molar-refractivity contribution in [3.63, 3.8) is 0 Å². The molecule has 2 aromatic rings. The monoisotopic (exact) mass is 289 g/mol. The number of rotatable bonds is 5. The molecule has 0 saturated heterocycles.